The van der Waals surface area contributed by atoms with E-state index >= 15 is 0 Å². The molecule has 126 valence electrons. The summed E-state index contributed by atoms with van der Waals surface area (Å²) in [6.45, 7) is 3.25. The summed E-state index contributed by atoms with van der Waals surface area (Å²) in [5.74, 6) is 0.908. The third-order valence-electron chi connectivity index (χ3n) is 4.91. The van der Waals surface area contributed by atoms with Crippen molar-refractivity contribution in [1.82, 2.24) is 4.90 Å². The van der Waals surface area contributed by atoms with Crippen LogP contribution in [-0.4, -0.2) is 18.0 Å². The summed E-state index contributed by atoms with van der Waals surface area (Å²) in [5, 5.41) is 2.66. The molecule has 0 heterocycles. The van der Waals surface area contributed by atoms with Crippen molar-refractivity contribution in [3.63, 3.8) is 0 Å². The number of benzene rings is 3. The van der Waals surface area contributed by atoms with E-state index in [-0.39, 0.29) is 0 Å². The topological polar surface area (TPSA) is 3.24 Å². The van der Waals surface area contributed by atoms with Gasteiger partial charge in [0.2, 0.25) is 0 Å². The fourth-order valence-electron chi connectivity index (χ4n) is 3.37. The number of fused-ring (bicyclic) bond motifs is 1. The summed E-state index contributed by atoms with van der Waals surface area (Å²) < 4.78 is 0. The second-order valence-corrected chi connectivity index (χ2v) is 7.13. The van der Waals surface area contributed by atoms with Crippen LogP contribution in [0.3, 0.4) is 0 Å². The zero-order valence-electron chi connectivity index (χ0n) is 14.6. The molecule has 0 N–H and O–H groups in total. The highest BCUT2D eigenvalue weighted by atomic mass is 15.1. The second-order valence-electron chi connectivity index (χ2n) is 7.13. The summed E-state index contributed by atoms with van der Waals surface area (Å²) in [6, 6.07) is 26.1. The molecule has 1 fully saturated rings. The zero-order chi connectivity index (χ0) is 16.9. The molecule has 3 aromatic rings. The molecule has 25 heavy (non-hydrogen) atoms. The van der Waals surface area contributed by atoms with Gasteiger partial charge in [-0.2, -0.15) is 0 Å². The van der Waals surface area contributed by atoms with Crippen molar-refractivity contribution in [1.29, 1.82) is 0 Å². The first-order chi connectivity index (χ1) is 12.4. The maximum atomic E-state index is 2.58. The molecule has 1 heteroatoms. The van der Waals surface area contributed by atoms with Crippen LogP contribution < -0.4 is 0 Å². The Kier molecular flexibility index (Phi) is 4.94. The van der Waals surface area contributed by atoms with Crippen LogP contribution in [0.4, 0.5) is 0 Å². The predicted molar refractivity (Wildman–Crippen MR) is 107 cm³/mol. The van der Waals surface area contributed by atoms with E-state index in [9.17, 15) is 0 Å². The van der Waals surface area contributed by atoms with Crippen molar-refractivity contribution in [2.45, 2.75) is 19.4 Å². The van der Waals surface area contributed by atoms with E-state index in [0.29, 0.717) is 0 Å². The molecule has 0 spiro atoms. The molecular weight excluding hydrogens is 302 g/mol. The first kappa shape index (κ1) is 16.1. The molecular formula is C24H25N. The molecule has 0 aromatic heterocycles. The van der Waals surface area contributed by atoms with Crippen LogP contribution in [0.1, 0.15) is 24.0 Å². The lowest BCUT2D eigenvalue weighted by Gasteiger charge is -2.21. The van der Waals surface area contributed by atoms with E-state index in [1.165, 1.54) is 41.3 Å². The monoisotopic (exact) mass is 327 g/mol. The van der Waals surface area contributed by atoms with Crippen molar-refractivity contribution >= 4 is 16.8 Å². The molecule has 4 rings (SSSR count). The lowest BCUT2D eigenvalue weighted by atomic mass is 10.1. The minimum Gasteiger partial charge on any atom is -0.295 e. The molecule has 0 atom stereocenters. The van der Waals surface area contributed by atoms with Gasteiger partial charge >= 0.3 is 0 Å². The molecule has 0 radical (unpaired) electrons. The molecule has 3 aromatic carbocycles. The largest absolute Gasteiger partial charge is 0.295 e. The summed E-state index contributed by atoms with van der Waals surface area (Å²) in [5.41, 5.74) is 2.69. The molecule has 1 saturated carbocycles. The van der Waals surface area contributed by atoms with Gasteiger partial charge in [-0.15, -0.1) is 0 Å². The van der Waals surface area contributed by atoms with Crippen molar-refractivity contribution in [2.75, 3.05) is 13.1 Å². The first-order valence-electron chi connectivity index (χ1n) is 9.28. The van der Waals surface area contributed by atoms with Gasteiger partial charge in [-0.3, -0.25) is 4.90 Å². The Morgan fingerprint density at radius 3 is 2.40 bits per heavy atom. The summed E-state index contributed by atoms with van der Waals surface area (Å²) in [4.78, 5) is 2.58. The maximum absolute atomic E-state index is 2.58. The van der Waals surface area contributed by atoms with Crippen molar-refractivity contribution in [3.8, 4) is 0 Å². The standard InChI is InChI=1S/C24H25N/c1-2-7-20(8-3-1)9-6-16-25(18-21-12-13-21)19-22-14-15-23-10-4-5-11-24(23)17-22/h1-11,14-15,17,21H,12-13,16,18-19H2. The Morgan fingerprint density at radius 2 is 1.60 bits per heavy atom. The highest BCUT2D eigenvalue weighted by Crippen LogP contribution is 2.30. The first-order valence-corrected chi connectivity index (χ1v) is 9.28. The molecule has 0 aliphatic heterocycles. The van der Waals surface area contributed by atoms with Crippen LogP contribution in [-0.2, 0) is 6.54 Å². The smallest absolute Gasteiger partial charge is 0.0237 e. The lowest BCUT2D eigenvalue weighted by molar-refractivity contribution is 0.282. The summed E-state index contributed by atoms with van der Waals surface area (Å²) in [7, 11) is 0. The van der Waals surface area contributed by atoms with E-state index < -0.39 is 0 Å². The fraction of sp³-hybridized carbons (Fsp3) is 0.250. The number of rotatable bonds is 7. The molecule has 1 aliphatic rings. The second kappa shape index (κ2) is 7.67. The molecule has 0 unspecified atom stereocenters. The molecule has 0 amide bonds. The molecule has 0 bridgehead atoms. The average molecular weight is 327 g/mol. The minimum atomic E-state index is 0.908. The van der Waals surface area contributed by atoms with Gasteiger partial charge in [0, 0.05) is 19.6 Å². The normalized spacial score (nSPS) is 14.6. The Hall–Kier alpha value is -2.38. The van der Waals surface area contributed by atoms with E-state index in [0.717, 1.165) is 19.0 Å². The molecule has 1 aliphatic carbocycles. The predicted octanol–water partition coefficient (Wildman–Crippen LogP) is 5.77. The fourth-order valence-corrected chi connectivity index (χ4v) is 3.37. The van der Waals surface area contributed by atoms with Gasteiger partial charge in [-0.25, -0.2) is 0 Å². The van der Waals surface area contributed by atoms with Gasteiger partial charge in [0.15, 0.2) is 0 Å². The minimum absolute atomic E-state index is 0.908. The van der Waals surface area contributed by atoms with Crippen LogP contribution in [0, 0.1) is 5.92 Å². The summed E-state index contributed by atoms with van der Waals surface area (Å²) >= 11 is 0. The van der Waals surface area contributed by atoms with Crippen LogP contribution >= 0.6 is 0 Å². The number of nitrogens with zero attached hydrogens (tertiary/aromatic N) is 1. The van der Waals surface area contributed by atoms with Crippen molar-refractivity contribution in [3.05, 3.63) is 90.0 Å². The number of hydrogen-bond donors (Lipinski definition) is 0. The van der Waals surface area contributed by atoms with E-state index in [1.54, 1.807) is 0 Å². The zero-order valence-corrected chi connectivity index (χ0v) is 14.6. The van der Waals surface area contributed by atoms with Gasteiger partial charge in [0.05, 0.1) is 0 Å². The molecule has 1 nitrogen and oxygen atoms in total. The highest BCUT2D eigenvalue weighted by Gasteiger charge is 2.23. The third kappa shape index (κ3) is 4.58. The van der Waals surface area contributed by atoms with E-state index in [2.05, 4.69) is 89.8 Å². The van der Waals surface area contributed by atoms with Gasteiger partial charge in [0.1, 0.15) is 0 Å². The quantitative estimate of drug-likeness (QED) is 0.533. The van der Waals surface area contributed by atoms with Crippen LogP contribution in [0.25, 0.3) is 16.8 Å². The van der Waals surface area contributed by atoms with Crippen molar-refractivity contribution < 1.29 is 0 Å². The van der Waals surface area contributed by atoms with Gasteiger partial charge < -0.3 is 0 Å². The van der Waals surface area contributed by atoms with Crippen LogP contribution in [0.15, 0.2) is 78.9 Å². The Bertz CT molecular complexity index is 846. The Labute approximate surface area is 150 Å². The highest BCUT2D eigenvalue weighted by molar-refractivity contribution is 5.82. The maximum Gasteiger partial charge on any atom is 0.0237 e. The summed E-state index contributed by atoms with van der Waals surface area (Å²) in [6.07, 6.45) is 7.34. The average Bonchev–Trinajstić information content (AvgIpc) is 3.46. The Balaban J connectivity index is 1.45. The van der Waals surface area contributed by atoms with E-state index in [4.69, 9.17) is 0 Å². The number of hydrogen-bond acceptors (Lipinski definition) is 1. The van der Waals surface area contributed by atoms with Gasteiger partial charge in [0.25, 0.3) is 0 Å². The molecule has 0 saturated heterocycles. The van der Waals surface area contributed by atoms with Gasteiger partial charge in [-0.05, 0) is 46.7 Å². The SMILES string of the molecule is C(=Cc1ccccc1)CN(Cc1ccc2ccccc2c1)CC1CC1. The van der Waals surface area contributed by atoms with Crippen LogP contribution in [0.2, 0.25) is 0 Å². The lowest BCUT2D eigenvalue weighted by Crippen LogP contribution is -2.25. The van der Waals surface area contributed by atoms with Crippen LogP contribution in [0.5, 0.6) is 0 Å². The van der Waals surface area contributed by atoms with Crippen molar-refractivity contribution in [2.24, 2.45) is 5.92 Å². The Morgan fingerprint density at radius 1 is 0.840 bits per heavy atom. The van der Waals surface area contributed by atoms with Gasteiger partial charge in [-0.1, -0.05) is 78.9 Å². The third-order valence-corrected chi connectivity index (χ3v) is 4.91. The van der Waals surface area contributed by atoms with E-state index in [1.807, 2.05) is 0 Å².